The van der Waals surface area contributed by atoms with Crippen molar-refractivity contribution in [3.63, 3.8) is 0 Å². The Labute approximate surface area is 130 Å². The van der Waals surface area contributed by atoms with Gasteiger partial charge in [0.05, 0.1) is 12.2 Å². The zero-order chi connectivity index (χ0) is 14.3. The third-order valence-electron chi connectivity index (χ3n) is 3.35. The summed E-state index contributed by atoms with van der Waals surface area (Å²) in [5, 5.41) is 1.15. The first-order valence-electron chi connectivity index (χ1n) is 7.28. The summed E-state index contributed by atoms with van der Waals surface area (Å²) in [6, 6.07) is 16.6. The fraction of sp³-hybridized carbons (Fsp3) is 0.294. The van der Waals surface area contributed by atoms with Crippen molar-refractivity contribution < 1.29 is 0 Å². The Morgan fingerprint density at radius 2 is 1.86 bits per heavy atom. The lowest BCUT2D eigenvalue weighted by Gasteiger charge is -2.27. The normalized spacial score (nSPS) is 14.6. The van der Waals surface area contributed by atoms with Gasteiger partial charge in [0.25, 0.3) is 0 Å². The number of hydrogen-bond donors (Lipinski definition) is 0. The molecule has 0 amide bonds. The van der Waals surface area contributed by atoms with Gasteiger partial charge in [-0.15, -0.1) is 0 Å². The Balaban J connectivity index is 1.79. The zero-order valence-electron chi connectivity index (χ0n) is 12.0. The molecule has 2 aromatic rings. The first kappa shape index (κ1) is 14.1. The molecule has 0 N–H and O–H groups in total. The van der Waals surface area contributed by atoms with Gasteiger partial charge < -0.3 is 4.90 Å². The highest BCUT2D eigenvalue weighted by molar-refractivity contribution is 8.13. The minimum Gasteiger partial charge on any atom is -0.341 e. The van der Waals surface area contributed by atoms with E-state index in [0.717, 1.165) is 36.2 Å². The number of benzene rings is 1. The highest BCUT2D eigenvalue weighted by Gasteiger charge is 2.16. The van der Waals surface area contributed by atoms with Crippen LogP contribution in [-0.4, -0.2) is 27.3 Å². The van der Waals surface area contributed by atoms with Crippen LogP contribution in [0.1, 0.15) is 17.7 Å². The smallest absolute Gasteiger partial charge is 0.159 e. The average molecular weight is 297 g/mol. The van der Waals surface area contributed by atoms with Gasteiger partial charge in [0.15, 0.2) is 5.17 Å². The highest BCUT2D eigenvalue weighted by atomic mass is 32.2. The molecule has 0 bridgehead atoms. The molecule has 21 heavy (non-hydrogen) atoms. The number of aliphatic imine (C=N–C) groups is 1. The number of aromatic nitrogens is 1. The zero-order valence-corrected chi connectivity index (χ0v) is 12.8. The van der Waals surface area contributed by atoms with Crippen molar-refractivity contribution in [3.05, 3.63) is 66.0 Å². The molecule has 2 heterocycles. The molecule has 1 aliphatic heterocycles. The van der Waals surface area contributed by atoms with Crippen LogP contribution < -0.4 is 0 Å². The number of hydrogen-bond acceptors (Lipinski definition) is 4. The lowest BCUT2D eigenvalue weighted by Crippen LogP contribution is -2.30. The van der Waals surface area contributed by atoms with Crippen molar-refractivity contribution >= 4 is 16.9 Å². The van der Waals surface area contributed by atoms with E-state index in [9.17, 15) is 0 Å². The highest BCUT2D eigenvalue weighted by Crippen LogP contribution is 2.20. The molecule has 0 saturated heterocycles. The largest absolute Gasteiger partial charge is 0.341 e. The van der Waals surface area contributed by atoms with Gasteiger partial charge in [-0.25, -0.2) is 0 Å². The molecule has 0 spiro atoms. The van der Waals surface area contributed by atoms with E-state index in [2.05, 4.69) is 46.3 Å². The van der Waals surface area contributed by atoms with Crippen LogP contribution in [0.25, 0.3) is 0 Å². The first-order valence-corrected chi connectivity index (χ1v) is 8.26. The summed E-state index contributed by atoms with van der Waals surface area (Å²) in [5.41, 5.74) is 2.39. The number of thioether (sulfide) groups is 1. The minimum atomic E-state index is 0.807. The van der Waals surface area contributed by atoms with Crippen LogP contribution in [0, 0.1) is 0 Å². The summed E-state index contributed by atoms with van der Waals surface area (Å²) in [4.78, 5) is 11.5. The van der Waals surface area contributed by atoms with Gasteiger partial charge in [-0.2, -0.15) is 0 Å². The second kappa shape index (κ2) is 7.27. The fourth-order valence-electron chi connectivity index (χ4n) is 2.32. The fourth-order valence-corrected chi connectivity index (χ4v) is 3.27. The molecule has 1 aliphatic rings. The van der Waals surface area contributed by atoms with Crippen molar-refractivity contribution in [3.8, 4) is 0 Å². The van der Waals surface area contributed by atoms with Crippen LogP contribution in [0.15, 0.2) is 59.7 Å². The van der Waals surface area contributed by atoms with Gasteiger partial charge in [0.1, 0.15) is 0 Å². The molecular formula is C17H19N3S. The number of nitrogens with zero attached hydrogens (tertiary/aromatic N) is 3. The van der Waals surface area contributed by atoms with E-state index in [-0.39, 0.29) is 0 Å². The summed E-state index contributed by atoms with van der Waals surface area (Å²) < 4.78 is 0. The number of rotatable bonds is 4. The molecule has 1 aromatic carbocycles. The van der Waals surface area contributed by atoms with E-state index in [0.29, 0.717) is 0 Å². The maximum atomic E-state index is 4.70. The standard InChI is InChI=1S/C17H19N3S/c1-2-7-15(8-3-1)13-20(17-19-11-6-12-21-17)14-16-9-4-5-10-18-16/h1-5,7-10H,6,11-14H2. The molecule has 3 rings (SSSR count). The maximum Gasteiger partial charge on any atom is 0.159 e. The monoisotopic (exact) mass is 297 g/mol. The van der Waals surface area contributed by atoms with E-state index in [1.807, 2.05) is 30.1 Å². The van der Waals surface area contributed by atoms with Crippen LogP contribution in [0.3, 0.4) is 0 Å². The van der Waals surface area contributed by atoms with Crippen LogP contribution >= 0.6 is 11.8 Å². The predicted octanol–water partition coefficient (Wildman–Crippen LogP) is 3.58. The number of amidine groups is 1. The van der Waals surface area contributed by atoms with Gasteiger partial charge in [-0.05, 0) is 24.1 Å². The Kier molecular flexibility index (Phi) is 4.90. The van der Waals surface area contributed by atoms with Crippen molar-refractivity contribution in [2.24, 2.45) is 4.99 Å². The molecular weight excluding hydrogens is 278 g/mol. The molecule has 0 aliphatic carbocycles. The third-order valence-corrected chi connectivity index (χ3v) is 4.48. The van der Waals surface area contributed by atoms with Gasteiger partial charge >= 0.3 is 0 Å². The van der Waals surface area contributed by atoms with E-state index in [1.165, 1.54) is 12.0 Å². The summed E-state index contributed by atoms with van der Waals surface area (Å²) >= 11 is 1.86. The molecule has 0 unspecified atom stereocenters. The molecule has 0 saturated carbocycles. The topological polar surface area (TPSA) is 28.5 Å². The molecule has 3 nitrogen and oxygen atoms in total. The van der Waals surface area contributed by atoms with Gasteiger partial charge in [-0.3, -0.25) is 9.98 Å². The Hall–Kier alpha value is -1.81. The molecule has 108 valence electrons. The molecule has 4 heteroatoms. The first-order chi connectivity index (χ1) is 10.4. The van der Waals surface area contributed by atoms with Crippen molar-refractivity contribution in [1.29, 1.82) is 0 Å². The quantitative estimate of drug-likeness (QED) is 0.863. The van der Waals surface area contributed by atoms with E-state index in [4.69, 9.17) is 4.99 Å². The Morgan fingerprint density at radius 1 is 1.00 bits per heavy atom. The minimum absolute atomic E-state index is 0.807. The van der Waals surface area contributed by atoms with E-state index >= 15 is 0 Å². The summed E-state index contributed by atoms with van der Waals surface area (Å²) in [5.74, 6) is 1.16. The summed E-state index contributed by atoms with van der Waals surface area (Å²) in [6.07, 6.45) is 3.03. The number of pyridine rings is 1. The lowest BCUT2D eigenvalue weighted by atomic mass is 10.2. The van der Waals surface area contributed by atoms with Crippen molar-refractivity contribution in [2.45, 2.75) is 19.5 Å². The van der Waals surface area contributed by atoms with Gasteiger partial charge in [0.2, 0.25) is 0 Å². The molecule has 0 fully saturated rings. The van der Waals surface area contributed by atoms with Crippen molar-refractivity contribution in [1.82, 2.24) is 9.88 Å². The van der Waals surface area contributed by atoms with Crippen LogP contribution in [0.2, 0.25) is 0 Å². The summed E-state index contributed by atoms with van der Waals surface area (Å²) in [7, 11) is 0. The maximum absolute atomic E-state index is 4.70. The predicted molar refractivity (Wildman–Crippen MR) is 89.3 cm³/mol. The molecule has 0 radical (unpaired) electrons. The second-order valence-electron chi connectivity index (χ2n) is 5.03. The van der Waals surface area contributed by atoms with E-state index < -0.39 is 0 Å². The molecule has 0 atom stereocenters. The van der Waals surface area contributed by atoms with E-state index in [1.54, 1.807) is 0 Å². The Morgan fingerprint density at radius 3 is 2.57 bits per heavy atom. The third kappa shape index (κ3) is 4.08. The van der Waals surface area contributed by atoms with Crippen molar-refractivity contribution in [2.75, 3.05) is 12.3 Å². The average Bonchev–Trinajstić information content (AvgIpc) is 2.57. The van der Waals surface area contributed by atoms with Gasteiger partial charge in [-0.1, -0.05) is 48.2 Å². The lowest BCUT2D eigenvalue weighted by molar-refractivity contribution is 0.407. The summed E-state index contributed by atoms with van der Waals surface area (Å²) in [6.45, 7) is 2.63. The van der Waals surface area contributed by atoms with Gasteiger partial charge in [0, 0.05) is 25.0 Å². The SMILES string of the molecule is c1ccc(CN(Cc2ccccn2)C2=NCCCS2)cc1. The Bertz CT molecular complexity index is 542. The van der Waals surface area contributed by atoms with Crippen LogP contribution in [0.4, 0.5) is 0 Å². The molecule has 1 aromatic heterocycles. The van der Waals surface area contributed by atoms with Crippen LogP contribution in [0.5, 0.6) is 0 Å². The second-order valence-corrected chi connectivity index (χ2v) is 6.09. The van der Waals surface area contributed by atoms with Crippen LogP contribution in [-0.2, 0) is 13.1 Å².